The fraction of sp³-hybridized carbons (Fsp3) is 0.750. The van der Waals surface area contributed by atoms with Crippen LogP contribution in [0.25, 0.3) is 0 Å². The Hall–Kier alpha value is -1.28. The summed E-state index contributed by atoms with van der Waals surface area (Å²) in [5.74, 6) is 0.920. The zero-order valence-electron chi connectivity index (χ0n) is 7.36. The summed E-state index contributed by atoms with van der Waals surface area (Å²) >= 11 is 0. The van der Waals surface area contributed by atoms with Crippen molar-refractivity contribution in [2.75, 3.05) is 32.8 Å². The molecule has 2 aliphatic heterocycles. The van der Waals surface area contributed by atoms with Crippen LogP contribution in [-0.2, 0) is 4.74 Å². The van der Waals surface area contributed by atoms with E-state index in [9.17, 15) is 0 Å². The van der Waals surface area contributed by atoms with E-state index in [2.05, 4.69) is 21.3 Å². The summed E-state index contributed by atoms with van der Waals surface area (Å²) in [4.78, 5) is 6.37. The number of guanidine groups is 1. The van der Waals surface area contributed by atoms with E-state index in [0.717, 1.165) is 25.6 Å². The SMILES string of the molecule is N#CC1CN(C2=NCCN2)CCO1. The molecule has 70 valence electrons. The first kappa shape index (κ1) is 8.32. The molecule has 0 aromatic heterocycles. The highest BCUT2D eigenvalue weighted by molar-refractivity contribution is 5.81. The Balaban J connectivity index is 1.96. The minimum absolute atomic E-state index is 0.307. The largest absolute Gasteiger partial charge is 0.360 e. The van der Waals surface area contributed by atoms with E-state index >= 15 is 0 Å². The van der Waals surface area contributed by atoms with E-state index in [-0.39, 0.29) is 6.10 Å². The molecule has 2 heterocycles. The summed E-state index contributed by atoms with van der Waals surface area (Å²) in [5, 5.41) is 11.9. The minimum atomic E-state index is -0.307. The van der Waals surface area contributed by atoms with Crippen molar-refractivity contribution in [2.24, 2.45) is 4.99 Å². The maximum absolute atomic E-state index is 8.69. The van der Waals surface area contributed by atoms with E-state index in [1.54, 1.807) is 0 Å². The lowest BCUT2D eigenvalue weighted by Gasteiger charge is -2.30. The summed E-state index contributed by atoms with van der Waals surface area (Å²) in [7, 11) is 0. The van der Waals surface area contributed by atoms with Crippen LogP contribution in [0.1, 0.15) is 0 Å². The third-order valence-electron chi connectivity index (χ3n) is 2.17. The van der Waals surface area contributed by atoms with E-state index in [1.807, 2.05) is 0 Å². The summed E-state index contributed by atoms with van der Waals surface area (Å²) < 4.78 is 5.23. The second-order valence-corrected chi connectivity index (χ2v) is 3.07. The summed E-state index contributed by atoms with van der Waals surface area (Å²) in [6, 6.07) is 2.11. The number of aliphatic imine (C=N–C) groups is 1. The number of nitrogens with zero attached hydrogens (tertiary/aromatic N) is 3. The molecular weight excluding hydrogens is 168 g/mol. The lowest BCUT2D eigenvalue weighted by molar-refractivity contribution is 0.0256. The van der Waals surface area contributed by atoms with Crippen LogP contribution in [0.3, 0.4) is 0 Å². The van der Waals surface area contributed by atoms with Crippen LogP contribution in [0.4, 0.5) is 0 Å². The van der Waals surface area contributed by atoms with Crippen molar-refractivity contribution >= 4 is 5.96 Å². The molecule has 0 bridgehead atoms. The van der Waals surface area contributed by atoms with Gasteiger partial charge in [-0.15, -0.1) is 0 Å². The minimum Gasteiger partial charge on any atom is -0.360 e. The number of nitriles is 1. The van der Waals surface area contributed by atoms with Crippen LogP contribution < -0.4 is 5.32 Å². The van der Waals surface area contributed by atoms with Crippen molar-refractivity contribution in [2.45, 2.75) is 6.10 Å². The van der Waals surface area contributed by atoms with Gasteiger partial charge in [-0.2, -0.15) is 5.26 Å². The molecule has 1 N–H and O–H groups in total. The van der Waals surface area contributed by atoms with Gasteiger partial charge in [0, 0.05) is 13.1 Å². The van der Waals surface area contributed by atoms with Crippen LogP contribution >= 0.6 is 0 Å². The molecule has 0 spiro atoms. The summed E-state index contributed by atoms with van der Waals surface area (Å²) in [6.07, 6.45) is -0.307. The second kappa shape index (κ2) is 3.62. The second-order valence-electron chi connectivity index (χ2n) is 3.07. The average Bonchev–Trinajstić information content (AvgIpc) is 2.71. The number of hydrogen-bond acceptors (Lipinski definition) is 5. The highest BCUT2D eigenvalue weighted by Crippen LogP contribution is 2.05. The van der Waals surface area contributed by atoms with Gasteiger partial charge < -0.3 is 15.0 Å². The van der Waals surface area contributed by atoms with E-state index in [1.165, 1.54) is 0 Å². The molecular formula is C8H12N4O. The van der Waals surface area contributed by atoms with E-state index < -0.39 is 0 Å². The molecule has 0 radical (unpaired) electrons. The van der Waals surface area contributed by atoms with Crippen molar-refractivity contribution in [3.8, 4) is 6.07 Å². The van der Waals surface area contributed by atoms with Crippen molar-refractivity contribution in [3.05, 3.63) is 0 Å². The predicted molar refractivity (Wildman–Crippen MR) is 47.2 cm³/mol. The molecule has 13 heavy (non-hydrogen) atoms. The van der Waals surface area contributed by atoms with Gasteiger partial charge in [-0.25, -0.2) is 0 Å². The average molecular weight is 180 g/mol. The van der Waals surface area contributed by atoms with Crippen LogP contribution in [-0.4, -0.2) is 49.7 Å². The molecule has 0 aliphatic carbocycles. The number of rotatable bonds is 0. The number of hydrogen-bond donors (Lipinski definition) is 1. The quantitative estimate of drug-likeness (QED) is 0.528. The molecule has 2 aliphatic rings. The van der Waals surface area contributed by atoms with Crippen LogP contribution in [0, 0.1) is 11.3 Å². The maximum Gasteiger partial charge on any atom is 0.194 e. The monoisotopic (exact) mass is 180 g/mol. The van der Waals surface area contributed by atoms with Crippen LogP contribution in [0.15, 0.2) is 4.99 Å². The van der Waals surface area contributed by atoms with Crippen molar-refractivity contribution < 1.29 is 4.74 Å². The van der Waals surface area contributed by atoms with Gasteiger partial charge in [0.05, 0.1) is 25.8 Å². The fourth-order valence-electron chi connectivity index (χ4n) is 1.52. The summed E-state index contributed by atoms with van der Waals surface area (Å²) in [5.41, 5.74) is 0. The van der Waals surface area contributed by atoms with Gasteiger partial charge in [0.25, 0.3) is 0 Å². The topological polar surface area (TPSA) is 60.7 Å². The Labute approximate surface area is 77.0 Å². The Morgan fingerprint density at radius 2 is 2.62 bits per heavy atom. The Kier molecular flexibility index (Phi) is 2.32. The molecule has 1 atom stereocenters. The van der Waals surface area contributed by atoms with Gasteiger partial charge in [0.1, 0.15) is 0 Å². The van der Waals surface area contributed by atoms with Crippen LogP contribution in [0.5, 0.6) is 0 Å². The van der Waals surface area contributed by atoms with Crippen molar-refractivity contribution in [3.63, 3.8) is 0 Å². The van der Waals surface area contributed by atoms with E-state index in [0.29, 0.717) is 13.2 Å². The molecule has 0 saturated carbocycles. The van der Waals surface area contributed by atoms with Gasteiger partial charge in [-0.1, -0.05) is 0 Å². The normalized spacial score (nSPS) is 27.8. The Bertz CT molecular complexity index is 257. The molecule has 1 fully saturated rings. The first-order valence-electron chi connectivity index (χ1n) is 4.44. The zero-order valence-corrected chi connectivity index (χ0v) is 7.36. The number of morpholine rings is 1. The molecule has 5 nitrogen and oxygen atoms in total. The number of nitrogens with one attached hydrogen (secondary N) is 1. The summed E-state index contributed by atoms with van der Waals surface area (Å²) in [6.45, 7) is 3.80. The third-order valence-corrected chi connectivity index (χ3v) is 2.17. The molecule has 1 saturated heterocycles. The first-order chi connectivity index (χ1) is 6.40. The van der Waals surface area contributed by atoms with Gasteiger partial charge in [0.15, 0.2) is 12.1 Å². The molecule has 5 heteroatoms. The molecule has 2 rings (SSSR count). The Morgan fingerprint density at radius 1 is 1.69 bits per heavy atom. The van der Waals surface area contributed by atoms with Crippen LogP contribution in [0.2, 0.25) is 0 Å². The molecule has 1 unspecified atom stereocenters. The van der Waals surface area contributed by atoms with E-state index in [4.69, 9.17) is 10.00 Å². The van der Waals surface area contributed by atoms with Crippen molar-refractivity contribution in [1.82, 2.24) is 10.2 Å². The standard InChI is InChI=1S/C8H12N4O/c9-5-7-6-12(3-4-13-7)8-10-1-2-11-8/h7H,1-4,6H2,(H,10,11). The molecule has 0 aromatic carbocycles. The highest BCUT2D eigenvalue weighted by atomic mass is 16.5. The molecule has 0 amide bonds. The fourth-order valence-corrected chi connectivity index (χ4v) is 1.52. The highest BCUT2D eigenvalue weighted by Gasteiger charge is 2.23. The smallest absolute Gasteiger partial charge is 0.194 e. The Morgan fingerprint density at radius 3 is 3.31 bits per heavy atom. The van der Waals surface area contributed by atoms with Gasteiger partial charge in [-0.05, 0) is 0 Å². The zero-order chi connectivity index (χ0) is 9.10. The van der Waals surface area contributed by atoms with Gasteiger partial charge in [-0.3, -0.25) is 4.99 Å². The third kappa shape index (κ3) is 1.73. The predicted octanol–water partition coefficient (Wildman–Crippen LogP) is -0.830. The van der Waals surface area contributed by atoms with Crippen molar-refractivity contribution in [1.29, 1.82) is 5.26 Å². The molecule has 0 aromatic rings. The number of ether oxygens (including phenoxy) is 1. The lowest BCUT2D eigenvalue weighted by Crippen LogP contribution is -2.48. The van der Waals surface area contributed by atoms with Gasteiger partial charge >= 0.3 is 0 Å². The lowest BCUT2D eigenvalue weighted by atomic mass is 10.3. The van der Waals surface area contributed by atoms with Gasteiger partial charge in [0.2, 0.25) is 0 Å². The maximum atomic E-state index is 8.69. The first-order valence-corrected chi connectivity index (χ1v) is 4.44.